The summed E-state index contributed by atoms with van der Waals surface area (Å²) >= 11 is 12.3. The van der Waals surface area contributed by atoms with Gasteiger partial charge in [0.15, 0.2) is 0 Å². The van der Waals surface area contributed by atoms with Gasteiger partial charge in [-0.05, 0) is 87.7 Å². The number of aliphatic imine (C=N–C) groups is 1. The zero-order valence-corrected chi connectivity index (χ0v) is 24.1. The van der Waals surface area contributed by atoms with Crippen LogP contribution in [-0.2, 0) is 10.2 Å². The minimum atomic E-state index is -0.695. The number of rotatable bonds is 9. The van der Waals surface area contributed by atoms with E-state index in [0.29, 0.717) is 35.5 Å². The lowest BCUT2D eigenvalue weighted by Crippen LogP contribution is -2.43. The molecule has 0 fully saturated rings. The van der Waals surface area contributed by atoms with Gasteiger partial charge in [-0.25, -0.2) is 0 Å². The lowest BCUT2D eigenvalue weighted by Gasteiger charge is -2.31. The van der Waals surface area contributed by atoms with E-state index in [1.807, 2.05) is 106 Å². The van der Waals surface area contributed by atoms with Gasteiger partial charge in [0.25, 0.3) is 0 Å². The number of hydrogen-bond acceptors (Lipinski definition) is 4. The molecule has 0 aliphatic carbocycles. The maximum absolute atomic E-state index is 13.3. The summed E-state index contributed by atoms with van der Waals surface area (Å²) in [5, 5.41) is 5.01. The minimum Gasteiger partial charge on any atom is -0.493 e. The zero-order chi connectivity index (χ0) is 27.4. The molecule has 0 radical (unpaired) electrons. The van der Waals surface area contributed by atoms with Crippen LogP contribution in [0.15, 0.2) is 71.7 Å². The highest BCUT2D eigenvalue weighted by Crippen LogP contribution is 2.40. The molecule has 200 valence electrons. The van der Waals surface area contributed by atoms with Gasteiger partial charge >= 0.3 is 0 Å². The van der Waals surface area contributed by atoms with E-state index in [2.05, 4.69) is 5.32 Å². The SMILES string of the molecule is CCOc1cc(C(C)(C)C(=O)N(CC)CC)ccc1C1=NC(c2ccc(Cl)cc2)C(c2ccc(Cl)cc2)N1. The Morgan fingerprint density at radius 1 is 0.921 bits per heavy atom. The molecule has 0 spiro atoms. The molecule has 2 unspecified atom stereocenters. The third-order valence-corrected chi connectivity index (χ3v) is 7.66. The molecule has 4 rings (SSSR count). The smallest absolute Gasteiger partial charge is 0.232 e. The topological polar surface area (TPSA) is 53.9 Å². The number of carbonyl (C=O) groups is 1. The lowest BCUT2D eigenvalue weighted by molar-refractivity contribution is -0.135. The maximum Gasteiger partial charge on any atom is 0.232 e. The Morgan fingerprint density at radius 3 is 2.05 bits per heavy atom. The van der Waals surface area contributed by atoms with Crippen molar-refractivity contribution in [1.29, 1.82) is 0 Å². The van der Waals surface area contributed by atoms with Crippen LogP contribution in [0.25, 0.3) is 0 Å². The number of likely N-dealkylation sites (N-methyl/N-ethyl adjacent to an activating group) is 1. The second-order valence-electron chi connectivity index (χ2n) is 9.89. The third kappa shape index (κ3) is 5.69. The predicted octanol–water partition coefficient (Wildman–Crippen LogP) is 7.37. The van der Waals surface area contributed by atoms with Crippen molar-refractivity contribution in [2.75, 3.05) is 19.7 Å². The summed E-state index contributed by atoms with van der Waals surface area (Å²) in [5.74, 6) is 1.54. The average molecular weight is 553 g/mol. The summed E-state index contributed by atoms with van der Waals surface area (Å²) in [6.07, 6.45) is 0. The molecule has 3 aromatic rings. The minimum absolute atomic E-state index is 0.0969. The Balaban J connectivity index is 1.75. The molecule has 1 aliphatic rings. The third-order valence-electron chi connectivity index (χ3n) is 7.16. The molecule has 1 aliphatic heterocycles. The molecule has 3 aromatic carbocycles. The molecule has 2 atom stereocenters. The Morgan fingerprint density at radius 2 is 1.50 bits per heavy atom. The van der Waals surface area contributed by atoms with Crippen LogP contribution in [0.2, 0.25) is 10.0 Å². The Bertz CT molecular complexity index is 1300. The van der Waals surface area contributed by atoms with E-state index in [4.69, 9.17) is 32.9 Å². The molecular formula is C31H35Cl2N3O2. The van der Waals surface area contributed by atoms with E-state index in [9.17, 15) is 4.79 Å². The van der Waals surface area contributed by atoms with Crippen LogP contribution in [-0.4, -0.2) is 36.3 Å². The van der Waals surface area contributed by atoms with E-state index in [0.717, 1.165) is 28.1 Å². The van der Waals surface area contributed by atoms with Gasteiger partial charge in [0.1, 0.15) is 17.6 Å². The van der Waals surface area contributed by atoms with Crippen LogP contribution in [0.1, 0.15) is 69.0 Å². The van der Waals surface area contributed by atoms with Crippen LogP contribution >= 0.6 is 23.2 Å². The molecule has 38 heavy (non-hydrogen) atoms. The fourth-order valence-corrected chi connectivity index (χ4v) is 5.15. The van der Waals surface area contributed by atoms with Gasteiger partial charge in [-0.2, -0.15) is 0 Å². The first kappa shape index (κ1) is 28.0. The Hall–Kier alpha value is -3.02. The highest BCUT2D eigenvalue weighted by atomic mass is 35.5. The Kier molecular flexibility index (Phi) is 8.69. The lowest BCUT2D eigenvalue weighted by atomic mass is 9.82. The van der Waals surface area contributed by atoms with Crippen LogP contribution in [0.5, 0.6) is 5.75 Å². The second kappa shape index (κ2) is 11.8. The molecule has 0 bridgehead atoms. The second-order valence-corrected chi connectivity index (χ2v) is 10.8. The number of ether oxygens (including phenoxy) is 1. The van der Waals surface area contributed by atoms with E-state index >= 15 is 0 Å². The van der Waals surface area contributed by atoms with Gasteiger partial charge in [0.05, 0.1) is 23.6 Å². The molecular weight excluding hydrogens is 517 g/mol. The number of amidine groups is 1. The molecule has 7 heteroatoms. The highest BCUT2D eigenvalue weighted by molar-refractivity contribution is 6.30. The van der Waals surface area contributed by atoms with Gasteiger partial charge in [0, 0.05) is 23.1 Å². The number of nitrogens with zero attached hydrogens (tertiary/aromatic N) is 2. The fourth-order valence-electron chi connectivity index (χ4n) is 4.90. The average Bonchev–Trinajstić information content (AvgIpc) is 3.35. The van der Waals surface area contributed by atoms with Gasteiger partial charge in [-0.1, -0.05) is 53.5 Å². The first-order valence-electron chi connectivity index (χ1n) is 13.1. The summed E-state index contributed by atoms with van der Waals surface area (Å²) in [7, 11) is 0. The van der Waals surface area contributed by atoms with Crippen molar-refractivity contribution in [2.24, 2.45) is 4.99 Å². The molecule has 0 saturated heterocycles. The first-order valence-corrected chi connectivity index (χ1v) is 13.9. The molecule has 1 heterocycles. The van der Waals surface area contributed by atoms with Crippen molar-refractivity contribution in [1.82, 2.24) is 10.2 Å². The van der Waals surface area contributed by atoms with Crippen molar-refractivity contribution < 1.29 is 9.53 Å². The quantitative estimate of drug-likeness (QED) is 0.302. The summed E-state index contributed by atoms with van der Waals surface area (Å²) < 4.78 is 6.11. The summed E-state index contributed by atoms with van der Waals surface area (Å²) in [4.78, 5) is 20.3. The molecule has 1 amide bonds. The fraction of sp³-hybridized carbons (Fsp3) is 0.355. The summed E-state index contributed by atoms with van der Waals surface area (Å²) in [6, 6.07) is 21.4. The van der Waals surface area contributed by atoms with E-state index in [1.165, 1.54) is 0 Å². The van der Waals surface area contributed by atoms with Crippen molar-refractivity contribution in [3.63, 3.8) is 0 Å². The van der Waals surface area contributed by atoms with Crippen LogP contribution in [0, 0.1) is 0 Å². The standard InChI is InChI=1S/C31H35Cl2N3O2/c1-6-36(7-2)30(37)31(4,5)22-13-18-25(26(19-22)38-8-3)29-34-27(20-9-14-23(32)15-10-20)28(35-29)21-11-16-24(33)17-12-21/h9-19,27-28H,6-8H2,1-5H3,(H,34,35). The number of nitrogens with one attached hydrogen (secondary N) is 1. The van der Waals surface area contributed by atoms with E-state index < -0.39 is 5.41 Å². The maximum atomic E-state index is 13.3. The Labute approximate surface area is 235 Å². The number of hydrogen-bond donors (Lipinski definition) is 1. The summed E-state index contributed by atoms with van der Waals surface area (Å²) in [6.45, 7) is 11.7. The first-order chi connectivity index (χ1) is 18.2. The number of halogens is 2. The van der Waals surface area contributed by atoms with Gasteiger partial charge < -0.3 is 15.0 Å². The van der Waals surface area contributed by atoms with Gasteiger partial charge in [-0.3, -0.25) is 9.79 Å². The normalized spacial score (nSPS) is 17.1. The monoisotopic (exact) mass is 551 g/mol. The van der Waals surface area contributed by atoms with Gasteiger partial charge in [-0.15, -0.1) is 0 Å². The predicted molar refractivity (Wildman–Crippen MR) is 157 cm³/mol. The number of amides is 1. The molecule has 0 aromatic heterocycles. The number of benzene rings is 3. The molecule has 1 N–H and O–H groups in total. The zero-order valence-electron chi connectivity index (χ0n) is 22.6. The number of carbonyl (C=O) groups excluding carboxylic acids is 1. The van der Waals surface area contributed by atoms with Crippen molar-refractivity contribution in [3.8, 4) is 5.75 Å². The van der Waals surface area contributed by atoms with Crippen molar-refractivity contribution >= 4 is 34.9 Å². The van der Waals surface area contributed by atoms with Crippen molar-refractivity contribution in [2.45, 2.75) is 52.1 Å². The summed E-state index contributed by atoms with van der Waals surface area (Å²) in [5.41, 5.74) is 3.20. The van der Waals surface area contributed by atoms with Crippen molar-refractivity contribution in [3.05, 3.63) is 99.0 Å². The van der Waals surface area contributed by atoms with Crippen LogP contribution in [0.4, 0.5) is 0 Å². The van der Waals surface area contributed by atoms with Gasteiger partial charge in [0.2, 0.25) is 5.91 Å². The molecule has 5 nitrogen and oxygen atoms in total. The largest absolute Gasteiger partial charge is 0.493 e. The van der Waals surface area contributed by atoms with Crippen LogP contribution < -0.4 is 10.1 Å². The molecule has 0 saturated carbocycles. The van der Waals surface area contributed by atoms with E-state index in [1.54, 1.807) is 0 Å². The highest BCUT2D eigenvalue weighted by Gasteiger charge is 2.36. The van der Waals surface area contributed by atoms with Crippen LogP contribution in [0.3, 0.4) is 0 Å². The van der Waals surface area contributed by atoms with E-state index in [-0.39, 0.29) is 18.0 Å².